The number of fused-ring (bicyclic) bond motifs is 1. The van der Waals surface area contributed by atoms with Crippen LogP contribution < -0.4 is 5.32 Å². The van der Waals surface area contributed by atoms with Crippen molar-refractivity contribution in [2.24, 2.45) is 11.8 Å². The molecule has 0 bridgehead atoms. The highest BCUT2D eigenvalue weighted by atomic mass is 19.1. The molecule has 0 aliphatic carbocycles. The predicted octanol–water partition coefficient (Wildman–Crippen LogP) is 1.79. The van der Waals surface area contributed by atoms with Gasteiger partial charge in [0.05, 0.1) is 0 Å². The number of nitrogens with one attached hydrogen (secondary N) is 1. The Kier molecular flexibility index (Phi) is 2.89. The van der Waals surface area contributed by atoms with E-state index in [9.17, 15) is 4.39 Å². The highest BCUT2D eigenvalue weighted by Crippen LogP contribution is 2.27. The molecule has 0 saturated carbocycles. The molecule has 3 rings (SSSR count). The fourth-order valence-electron chi connectivity index (χ4n) is 3.15. The number of likely N-dealkylation sites (tertiary alicyclic amines) is 1. The van der Waals surface area contributed by atoms with Crippen molar-refractivity contribution in [1.29, 1.82) is 0 Å². The minimum Gasteiger partial charge on any atom is -0.316 e. The van der Waals surface area contributed by atoms with Crippen LogP contribution in [0.1, 0.15) is 11.1 Å². The first kappa shape index (κ1) is 11.2. The lowest BCUT2D eigenvalue weighted by molar-refractivity contribution is 0.301. The maximum Gasteiger partial charge on any atom is 0.127 e. The molecule has 1 N–H and O–H groups in total. The van der Waals surface area contributed by atoms with Crippen LogP contribution in [0.2, 0.25) is 0 Å². The maximum atomic E-state index is 13.7. The number of hydrogen-bond acceptors (Lipinski definition) is 2. The molecule has 2 aliphatic rings. The summed E-state index contributed by atoms with van der Waals surface area (Å²) in [5.41, 5.74) is 1.99. The standard InChI is InChI=1S/C14H19FN2/c1-10-2-3-14(15)11(4-10)7-17-8-12-5-16-6-13(12)9-17/h2-4,12-13,16H,5-9H2,1H3/t12-,13+. The van der Waals surface area contributed by atoms with Crippen LogP contribution in [-0.4, -0.2) is 31.1 Å². The summed E-state index contributed by atoms with van der Waals surface area (Å²) in [5.74, 6) is 1.50. The fraction of sp³-hybridized carbons (Fsp3) is 0.571. The minimum atomic E-state index is -0.0641. The fourth-order valence-corrected chi connectivity index (χ4v) is 3.15. The van der Waals surface area contributed by atoms with Crippen molar-refractivity contribution in [3.05, 3.63) is 35.1 Å². The largest absolute Gasteiger partial charge is 0.316 e. The molecular weight excluding hydrogens is 215 g/mol. The molecule has 17 heavy (non-hydrogen) atoms. The number of aryl methyl sites for hydroxylation is 1. The molecule has 0 aromatic heterocycles. The molecule has 0 unspecified atom stereocenters. The summed E-state index contributed by atoms with van der Waals surface area (Å²) >= 11 is 0. The molecule has 0 spiro atoms. The molecule has 2 fully saturated rings. The summed E-state index contributed by atoms with van der Waals surface area (Å²) in [6.45, 7) is 7.29. The van der Waals surface area contributed by atoms with E-state index in [1.807, 2.05) is 19.1 Å². The van der Waals surface area contributed by atoms with Crippen molar-refractivity contribution in [3.63, 3.8) is 0 Å². The smallest absolute Gasteiger partial charge is 0.127 e. The molecule has 2 heterocycles. The van der Waals surface area contributed by atoms with Crippen LogP contribution in [0, 0.1) is 24.6 Å². The van der Waals surface area contributed by atoms with Crippen LogP contribution in [0.4, 0.5) is 4.39 Å². The molecule has 1 aromatic carbocycles. The van der Waals surface area contributed by atoms with Gasteiger partial charge in [0.15, 0.2) is 0 Å². The number of hydrogen-bond donors (Lipinski definition) is 1. The first-order valence-electron chi connectivity index (χ1n) is 6.40. The van der Waals surface area contributed by atoms with E-state index >= 15 is 0 Å². The highest BCUT2D eigenvalue weighted by molar-refractivity contribution is 5.24. The zero-order chi connectivity index (χ0) is 11.8. The van der Waals surface area contributed by atoms with Crippen LogP contribution >= 0.6 is 0 Å². The molecule has 0 amide bonds. The Morgan fingerprint density at radius 3 is 2.71 bits per heavy atom. The van der Waals surface area contributed by atoms with Crippen molar-refractivity contribution in [3.8, 4) is 0 Å². The normalized spacial score (nSPS) is 28.6. The van der Waals surface area contributed by atoms with Gasteiger partial charge in [-0.2, -0.15) is 0 Å². The van der Waals surface area contributed by atoms with Gasteiger partial charge in [-0.25, -0.2) is 4.39 Å². The Bertz CT molecular complexity index is 407. The van der Waals surface area contributed by atoms with Crippen LogP contribution in [0.3, 0.4) is 0 Å². The average Bonchev–Trinajstić information content (AvgIpc) is 2.83. The Morgan fingerprint density at radius 1 is 1.29 bits per heavy atom. The summed E-state index contributed by atoms with van der Waals surface area (Å²) in [7, 11) is 0. The summed E-state index contributed by atoms with van der Waals surface area (Å²) in [6, 6.07) is 5.40. The Morgan fingerprint density at radius 2 is 2.00 bits per heavy atom. The van der Waals surface area contributed by atoms with Gasteiger partial charge in [-0.15, -0.1) is 0 Å². The second-order valence-corrected chi connectivity index (χ2v) is 5.47. The third-order valence-corrected chi connectivity index (χ3v) is 4.06. The summed E-state index contributed by atoms with van der Waals surface area (Å²) in [6.07, 6.45) is 0. The van der Waals surface area contributed by atoms with Crippen LogP contribution in [0.15, 0.2) is 18.2 Å². The summed E-state index contributed by atoms with van der Waals surface area (Å²) in [5, 5.41) is 3.43. The van der Waals surface area contributed by atoms with Crippen molar-refractivity contribution in [2.75, 3.05) is 26.2 Å². The number of benzene rings is 1. The van der Waals surface area contributed by atoms with Crippen LogP contribution in [0.25, 0.3) is 0 Å². The molecule has 2 nitrogen and oxygen atoms in total. The van der Waals surface area contributed by atoms with Crippen molar-refractivity contribution >= 4 is 0 Å². The molecule has 3 heteroatoms. The van der Waals surface area contributed by atoms with E-state index in [-0.39, 0.29) is 5.82 Å². The quantitative estimate of drug-likeness (QED) is 0.839. The minimum absolute atomic E-state index is 0.0641. The third-order valence-electron chi connectivity index (χ3n) is 4.06. The number of nitrogens with zero attached hydrogens (tertiary/aromatic N) is 1. The SMILES string of the molecule is Cc1ccc(F)c(CN2C[C@H]3CNC[C@H]3C2)c1. The topological polar surface area (TPSA) is 15.3 Å². The van der Waals surface area contributed by atoms with Gasteiger partial charge in [0.1, 0.15) is 5.82 Å². The lowest BCUT2D eigenvalue weighted by atomic mass is 10.0. The van der Waals surface area contributed by atoms with E-state index in [0.717, 1.165) is 55.7 Å². The molecule has 2 saturated heterocycles. The van der Waals surface area contributed by atoms with E-state index in [2.05, 4.69) is 10.2 Å². The van der Waals surface area contributed by atoms with Crippen molar-refractivity contribution < 1.29 is 4.39 Å². The Balaban J connectivity index is 1.69. The van der Waals surface area contributed by atoms with Crippen molar-refractivity contribution in [2.45, 2.75) is 13.5 Å². The van der Waals surface area contributed by atoms with Gasteiger partial charge in [0, 0.05) is 25.2 Å². The van der Waals surface area contributed by atoms with E-state index in [4.69, 9.17) is 0 Å². The second kappa shape index (κ2) is 4.39. The zero-order valence-electron chi connectivity index (χ0n) is 10.2. The van der Waals surface area contributed by atoms with Gasteiger partial charge in [-0.05, 0) is 37.9 Å². The Hall–Kier alpha value is -0.930. The first-order chi connectivity index (χ1) is 8.22. The summed E-state index contributed by atoms with van der Waals surface area (Å²) in [4.78, 5) is 2.40. The van der Waals surface area contributed by atoms with Crippen LogP contribution in [-0.2, 0) is 6.54 Å². The third kappa shape index (κ3) is 2.22. The predicted molar refractivity (Wildman–Crippen MR) is 66.3 cm³/mol. The second-order valence-electron chi connectivity index (χ2n) is 5.47. The van der Waals surface area contributed by atoms with Gasteiger partial charge in [0.25, 0.3) is 0 Å². The number of rotatable bonds is 2. The highest BCUT2D eigenvalue weighted by Gasteiger charge is 2.35. The van der Waals surface area contributed by atoms with Gasteiger partial charge in [-0.1, -0.05) is 17.7 Å². The average molecular weight is 234 g/mol. The maximum absolute atomic E-state index is 13.7. The van der Waals surface area contributed by atoms with E-state index in [1.54, 1.807) is 6.07 Å². The van der Waals surface area contributed by atoms with Crippen molar-refractivity contribution in [1.82, 2.24) is 10.2 Å². The number of halogens is 1. The van der Waals surface area contributed by atoms with Gasteiger partial charge >= 0.3 is 0 Å². The van der Waals surface area contributed by atoms with Gasteiger partial charge in [0.2, 0.25) is 0 Å². The molecule has 0 radical (unpaired) electrons. The molecule has 1 aromatic rings. The molecule has 2 aliphatic heterocycles. The van der Waals surface area contributed by atoms with E-state index in [1.165, 1.54) is 0 Å². The lowest BCUT2D eigenvalue weighted by Crippen LogP contribution is -2.25. The van der Waals surface area contributed by atoms with Gasteiger partial charge < -0.3 is 5.32 Å². The zero-order valence-corrected chi connectivity index (χ0v) is 10.2. The molecular formula is C14H19FN2. The Labute approximate surface area is 102 Å². The van der Waals surface area contributed by atoms with Crippen LogP contribution in [0.5, 0.6) is 0 Å². The van der Waals surface area contributed by atoms with E-state index < -0.39 is 0 Å². The summed E-state index contributed by atoms with van der Waals surface area (Å²) < 4.78 is 13.7. The first-order valence-corrected chi connectivity index (χ1v) is 6.40. The molecule has 92 valence electrons. The van der Waals surface area contributed by atoms with Gasteiger partial charge in [-0.3, -0.25) is 4.90 Å². The molecule has 2 atom stereocenters. The van der Waals surface area contributed by atoms with E-state index in [0.29, 0.717) is 0 Å². The lowest BCUT2D eigenvalue weighted by Gasteiger charge is -2.17. The monoisotopic (exact) mass is 234 g/mol.